The van der Waals surface area contributed by atoms with Crippen molar-refractivity contribution in [3.8, 4) is 0 Å². The van der Waals surface area contributed by atoms with Gasteiger partial charge in [-0.2, -0.15) is 4.31 Å². The predicted molar refractivity (Wildman–Crippen MR) is 115 cm³/mol. The van der Waals surface area contributed by atoms with Crippen LogP contribution in [-0.4, -0.2) is 38.3 Å². The lowest BCUT2D eigenvalue weighted by molar-refractivity contribution is -0.126. The number of sulfonamides is 1. The van der Waals surface area contributed by atoms with Crippen LogP contribution in [0.3, 0.4) is 0 Å². The molecule has 0 radical (unpaired) electrons. The topological polar surface area (TPSA) is 66.5 Å². The molecule has 1 heterocycles. The van der Waals surface area contributed by atoms with Crippen LogP contribution >= 0.6 is 11.6 Å². The van der Waals surface area contributed by atoms with E-state index in [0.29, 0.717) is 31.0 Å². The van der Waals surface area contributed by atoms with E-state index >= 15 is 0 Å². The van der Waals surface area contributed by atoms with Crippen LogP contribution in [0.15, 0.2) is 59.5 Å². The van der Waals surface area contributed by atoms with Crippen molar-refractivity contribution in [2.24, 2.45) is 5.92 Å². The Bertz CT molecular complexity index is 944. The van der Waals surface area contributed by atoms with Crippen molar-refractivity contribution in [1.82, 2.24) is 9.62 Å². The zero-order valence-corrected chi connectivity index (χ0v) is 18.3. The fraction of sp³-hybridized carbons (Fsp3) is 0.409. The number of benzene rings is 2. The molecule has 156 valence electrons. The number of rotatable bonds is 6. The number of halogens is 1. The monoisotopic (exact) mass is 434 g/mol. The molecule has 2 aromatic carbocycles. The first-order valence-electron chi connectivity index (χ1n) is 9.79. The number of carbonyl (C=O) groups excluding carboxylic acids is 1. The molecule has 1 N–H and O–H groups in total. The number of nitrogens with one attached hydrogen (secondary N) is 1. The second-order valence-electron chi connectivity index (χ2n) is 8.12. The van der Waals surface area contributed by atoms with E-state index in [2.05, 4.69) is 19.2 Å². The standard InChI is InChI=1S/C22H27ClN2O3S/c1-22(2,18-8-4-3-5-9-18)16-24-21(26)17-7-6-14-25(15-17)29(27,28)20-12-10-19(23)11-13-20/h3-5,8-13,17H,6-7,14-16H2,1-2H3,(H,24,26). The van der Waals surface area contributed by atoms with Gasteiger partial charge >= 0.3 is 0 Å². The van der Waals surface area contributed by atoms with Gasteiger partial charge in [0.25, 0.3) is 0 Å². The zero-order valence-electron chi connectivity index (χ0n) is 16.8. The van der Waals surface area contributed by atoms with Gasteiger partial charge in [-0.15, -0.1) is 0 Å². The third-order valence-electron chi connectivity index (χ3n) is 5.47. The third-order valence-corrected chi connectivity index (χ3v) is 7.60. The Labute approximate surface area is 178 Å². The summed E-state index contributed by atoms with van der Waals surface area (Å²) in [6.45, 7) is 5.28. The summed E-state index contributed by atoms with van der Waals surface area (Å²) in [6, 6.07) is 16.2. The molecular weight excluding hydrogens is 408 g/mol. The average Bonchev–Trinajstić information content (AvgIpc) is 2.73. The van der Waals surface area contributed by atoms with Crippen LogP contribution < -0.4 is 5.32 Å². The first-order chi connectivity index (χ1) is 13.7. The molecule has 0 spiro atoms. The Morgan fingerprint density at radius 3 is 2.45 bits per heavy atom. The third kappa shape index (κ3) is 5.18. The van der Waals surface area contributed by atoms with Crippen LogP contribution in [0, 0.1) is 5.92 Å². The number of hydrogen-bond donors (Lipinski definition) is 1. The molecule has 1 aliphatic rings. The van der Waals surface area contributed by atoms with Crippen LogP contribution in [0.4, 0.5) is 0 Å². The number of amides is 1. The Morgan fingerprint density at radius 1 is 1.14 bits per heavy atom. The van der Waals surface area contributed by atoms with Gasteiger partial charge in [0.1, 0.15) is 0 Å². The highest BCUT2D eigenvalue weighted by atomic mass is 35.5. The van der Waals surface area contributed by atoms with Crippen molar-refractivity contribution in [1.29, 1.82) is 0 Å². The molecule has 1 unspecified atom stereocenters. The summed E-state index contributed by atoms with van der Waals surface area (Å²) in [5.74, 6) is -0.442. The first kappa shape index (κ1) is 21.8. The molecule has 1 aliphatic heterocycles. The summed E-state index contributed by atoms with van der Waals surface area (Å²) >= 11 is 5.87. The molecule has 5 nitrogen and oxygen atoms in total. The summed E-state index contributed by atoms with van der Waals surface area (Å²) in [6.07, 6.45) is 1.34. The number of hydrogen-bond acceptors (Lipinski definition) is 3. The maximum atomic E-state index is 12.9. The van der Waals surface area contributed by atoms with E-state index in [1.54, 1.807) is 12.1 Å². The minimum Gasteiger partial charge on any atom is -0.355 e. The summed E-state index contributed by atoms with van der Waals surface area (Å²) in [5.41, 5.74) is 0.941. The molecule has 3 rings (SSSR count). The maximum Gasteiger partial charge on any atom is 0.243 e. The van der Waals surface area contributed by atoms with Crippen molar-refractivity contribution >= 4 is 27.5 Å². The van der Waals surface area contributed by atoms with Gasteiger partial charge in [0.15, 0.2) is 0 Å². The molecule has 1 fully saturated rings. The van der Waals surface area contributed by atoms with Crippen LogP contribution in [0.2, 0.25) is 5.02 Å². The predicted octanol–water partition coefficient (Wildman–Crippen LogP) is 3.83. The van der Waals surface area contributed by atoms with Gasteiger partial charge < -0.3 is 5.32 Å². The number of piperidine rings is 1. The van der Waals surface area contributed by atoms with E-state index in [4.69, 9.17) is 11.6 Å². The minimum atomic E-state index is -3.64. The molecule has 0 aromatic heterocycles. The van der Waals surface area contributed by atoms with Crippen molar-refractivity contribution in [3.63, 3.8) is 0 Å². The van der Waals surface area contributed by atoms with Crippen LogP contribution in [0.25, 0.3) is 0 Å². The van der Waals surface area contributed by atoms with E-state index in [1.807, 2.05) is 30.3 Å². The fourth-order valence-corrected chi connectivity index (χ4v) is 5.22. The molecule has 1 amide bonds. The molecule has 0 bridgehead atoms. The van der Waals surface area contributed by atoms with Gasteiger partial charge in [0.05, 0.1) is 10.8 Å². The minimum absolute atomic E-state index is 0.0926. The van der Waals surface area contributed by atoms with Crippen LogP contribution in [-0.2, 0) is 20.2 Å². The summed E-state index contributed by atoms with van der Waals surface area (Å²) in [5, 5.41) is 3.52. The lowest BCUT2D eigenvalue weighted by Crippen LogP contribution is -2.47. The lowest BCUT2D eigenvalue weighted by Gasteiger charge is -2.32. The molecule has 29 heavy (non-hydrogen) atoms. The first-order valence-corrected chi connectivity index (χ1v) is 11.6. The highest BCUT2D eigenvalue weighted by Crippen LogP contribution is 2.26. The quantitative estimate of drug-likeness (QED) is 0.751. The van der Waals surface area contributed by atoms with Crippen molar-refractivity contribution in [3.05, 3.63) is 65.2 Å². The second-order valence-corrected chi connectivity index (χ2v) is 10.5. The molecular formula is C22H27ClN2O3S. The van der Waals surface area contributed by atoms with Crippen LogP contribution in [0.5, 0.6) is 0 Å². The van der Waals surface area contributed by atoms with Gasteiger partial charge in [-0.1, -0.05) is 55.8 Å². The van der Waals surface area contributed by atoms with Gasteiger partial charge in [-0.25, -0.2) is 8.42 Å². The van der Waals surface area contributed by atoms with E-state index in [0.717, 1.165) is 5.56 Å². The number of carbonyl (C=O) groups is 1. The molecule has 0 saturated carbocycles. The average molecular weight is 435 g/mol. The van der Waals surface area contributed by atoms with E-state index in [-0.39, 0.29) is 28.7 Å². The number of nitrogens with zero attached hydrogens (tertiary/aromatic N) is 1. The van der Waals surface area contributed by atoms with Crippen LogP contribution in [0.1, 0.15) is 32.3 Å². The van der Waals surface area contributed by atoms with E-state index in [1.165, 1.54) is 16.4 Å². The van der Waals surface area contributed by atoms with Crippen molar-refractivity contribution in [2.45, 2.75) is 37.0 Å². The maximum absolute atomic E-state index is 12.9. The Hall–Kier alpha value is -1.89. The molecule has 7 heteroatoms. The fourth-order valence-electron chi connectivity index (χ4n) is 3.57. The van der Waals surface area contributed by atoms with Gasteiger partial charge in [0, 0.05) is 30.1 Å². The lowest BCUT2D eigenvalue weighted by atomic mass is 9.84. The summed E-state index contributed by atoms with van der Waals surface area (Å²) < 4.78 is 27.2. The highest BCUT2D eigenvalue weighted by molar-refractivity contribution is 7.89. The molecule has 0 aliphatic carbocycles. The second kappa shape index (κ2) is 8.86. The normalized spacial score (nSPS) is 18.4. The Morgan fingerprint density at radius 2 is 1.79 bits per heavy atom. The summed E-state index contributed by atoms with van der Waals surface area (Å²) in [4.78, 5) is 13.0. The molecule has 1 saturated heterocycles. The molecule has 2 aromatic rings. The van der Waals surface area contributed by atoms with E-state index in [9.17, 15) is 13.2 Å². The largest absolute Gasteiger partial charge is 0.355 e. The molecule has 1 atom stereocenters. The summed E-state index contributed by atoms with van der Waals surface area (Å²) in [7, 11) is -3.64. The van der Waals surface area contributed by atoms with Gasteiger partial charge in [0.2, 0.25) is 15.9 Å². The van der Waals surface area contributed by atoms with Crippen molar-refractivity contribution < 1.29 is 13.2 Å². The Balaban J connectivity index is 1.64. The zero-order chi connectivity index (χ0) is 21.1. The smallest absolute Gasteiger partial charge is 0.243 e. The SMILES string of the molecule is CC(C)(CNC(=O)C1CCCN(S(=O)(=O)c2ccc(Cl)cc2)C1)c1ccccc1. The highest BCUT2D eigenvalue weighted by Gasteiger charge is 2.34. The van der Waals surface area contributed by atoms with E-state index < -0.39 is 10.0 Å². The van der Waals surface area contributed by atoms with Gasteiger partial charge in [-0.05, 0) is 42.7 Å². The Kier molecular flexibility index (Phi) is 6.66. The van der Waals surface area contributed by atoms with Gasteiger partial charge in [-0.3, -0.25) is 4.79 Å². The van der Waals surface area contributed by atoms with Crippen molar-refractivity contribution in [2.75, 3.05) is 19.6 Å².